The van der Waals surface area contributed by atoms with Crippen LogP contribution in [-0.2, 0) is 27.7 Å². The highest BCUT2D eigenvalue weighted by Gasteiger charge is 2.17. The van der Waals surface area contributed by atoms with Gasteiger partial charge in [0.05, 0.1) is 11.3 Å². The van der Waals surface area contributed by atoms with Crippen molar-refractivity contribution in [2.24, 2.45) is 5.14 Å². The number of nitrogens with one attached hydrogen (secondary N) is 1. The van der Waals surface area contributed by atoms with E-state index < -0.39 is 10.0 Å². The number of benzene rings is 3. The molecule has 1 aromatic heterocycles. The fourth-order valence-corrected chi connectivity index (χ4v) is 4.85. The lowest BCUT2D eigenvalue weighted by molar-refractivity contribution is -0.115. The van der Waals surface area contributed by atoms with E-state index in [0.717, 1.165) is 4.47 Å². The summed E-state index contributed by atoms with van der Waals surface area (Å²) in [6.07, 6.45) is 1.67. The lowest BCUT2D eigenvalue weighted by Gasteiger charge is -2.12. The van der Waals surface area contributed by atoms with Gasteiger partial charge in [-0.2, -0.15) is 0 Å². The van der Waals surface area contributed by atoms with Crippen molar-refractivity contribution in [2.45, 2.75) is 17.7 Å². The summed E-state index contributed by atoms with van der Waals surface area (Å²) in [5.74, 6) is -0.0295. The third-order valence-corrected chi connectivity index (χ3v) is 7.08. The van der Waals surface area contributed by atoms with Gasteiger partial charge in [0.15, 0.2) is 5.78 Å². The molecule has 5 N–H and O–H groups in total. The normalized spacial score (nSPS) is 11.2. The van der Waals surface area contributed by atoms with Gasteiger partial charge in [0.25, 0.3) is 0 Å². The maximum Gasteiger partial charge on any atom is 0.238 e. The number of primary sulfonamides is 1. The SMILES string of the molecule is Nc1ccc(CC(=O)c2ccc(-c3ccccc3S(N)(=O)=O)cc2)c(CC(=O)Nc2ccc(Br)cn2)c1. The molecule has 0 aliphatic carbocycles. The molecular weight excluding hydrogens is 556 g/mol. The first-order valence-corrected chi connectivity index (χ1v) is 13.5. The van der Waals surface area contributed by atoms with Gasteiger partial charge in [-0.25, -0.2) is 18.5 Å². The highest BCUT2D eigenvalue weighted by molar-refractivity contribution is 9.10. The number of carbonyl (C=O) groups excluding carboxylic acids is 2. The summed E-state index contributed by atoms with van der Waals surface area (Å²) < 4.78 is 24.7. The van der Waals surface area contributed by atoms with Crippen molar-refractivity contribution in [3.05, 3.63) is 106 Å². The molecule has 10 heteroatoms. The summed E-state index contributed by atoms with van der Waals surface area (Å²) >= 11 is 3.30. The molecule has 0 spiro atoms. The molecule has 0 bridgehead atoms. The van der Waals surface area contributed by atoms with Crippen LogP contribution < -0.4 is 16.2 Å². The number of hydrogen-bond donors (Lipinski definition) is 3. The summed E-state index contributed by atoms with van der Waals surface area (Å²) in [7, 11) is -3.90. The molecule has 188 valence electrons. The number of sulfonamides is 1. The Kier molecular flexibility index (Phi) is 7.82. The molecular formula is C27H23BrN4O4S. The second-order valence-corrected chi connectivity index (χ2v) is 10.8. The number of halogens is 1. The molecule has 0 aliphatic rings. The number of rotatable bonds is 8. The number of ketones is 1. The highest BCUT2D eigenvalue weighted by Crippen LogP contribution is 2.27. The van der Waals surface area contributed by atoms with Crippen LogP contribution in [0.5, 0.6) is 0 Å². The minimum absolute atomic E-state index is 0.0113. The fraction of sp³-hybridized carbons (Fsp3) is 0.0741. The van der Waals surface area contributed by atoms with Crippen LogP contribution in [0.4, 0.5) is 11.5 Å². The average Bonchev–Trinajstić information content (AvgIpc) is 2.86. The first kappa shape index (κ1) is 26.2. The molecule has 8 nitrogen and oxygen atoms in total. The van der Waals surface area contributed by atoms with Crippen LogP contribution in [0.3, 0.4) is 0 Å². The third-order valence-electron chi connectivity index (χ3n) is 5.64. The Morgan fingerprint density at radius 1 is 0.892 bits per heavy atom. The van der Waals surface area contributed by atoms with Gasteiger partial charge in [0.1, 0.15) is 5.82 Å². The van der Waals surface area contributed by atoms with Crippen molar-refractivity contribution in [2.75, 3.05) is 11.1 Å². The van der Waals surface area contributed by atoms with Gasteiger partial charge in [-0.05, 0) is 63.0 Å². The molecule has 0 fully saturated rings. The van der Waals surface area contributed by atoms with E-state index in [0.29, 0.717) is 39.3 Å². The second kappa shape index (κ2) is 11.0. The maximum absolute atomic E-state index is 13.1. The van der Waals surface area contributed by atoms with E-state index in [1.54, 1.807) is 79.0 Å². The number of nitrogens with zero attached hydrogens (tertiary/aromatic N) is 1. The first-order valence-electron chi connectivity index (χ1n) is 11.1. The lowest BCUT2D eigenvalue weighted by atomic mass is 9.95. The van der Waals surface area contributed by atoms with Crippen LogP contribution in [0.15, 0.2) is 94.4 Å². The Bertz CT molecular complexity index is 1570. The predicted octanol–water partition coefficient (Wildman–Crippen LogP) is 4.35. The van der Waals surface area contributed by atoms with Crippen molar-refractivity contribution in [1.29, 1.82) is 0 Å². The molecule has 4 aromatic rings. The van der Waals surface area contributed by atoms with E-state index in [1.165, 1.54) is 6.07 Å². The van der Waals surface area contributed by atoms with Crippen molar-refractivity contribution in [3.63, 3.8) is 0 Å². The number of nitrogens with two attached hydrogens (primary N) is 2. The molecule has 0 saturated carbocycles. The van der Waals surface area contributed by atoms with Crippen molar-refractivity contribution >= 4 is 49.1 Å². The summed E-state index contributed by atoms with van der Waals surface area (Å²) in [5.41, 5.74) is 9.27. The molecule has 0 aliphatic heterocycles. The summed E-state index contributed by atoms with van der Waals surface area (Å²) in [5, 5.41) is 8.08. The van der Waals surface area contributed by atoms with Gasteiger partial charge in [-0.15, -0.1) is 0 Å². The standard InChI is InChI=1S/C27H23BrN4O4S/c28-21-10-12-26(31-16-21)32-27(34)15-20-13-22(29)11-9-19(20)14-24(33)18-7-5-17(6-8-18)23-3-1-2-4-25(23)37(30,35)36/h1-13,16H,14-15,29H2,(H2,30,35,36)(H,31,32,34). The van der Waals surface area contributed by atoms with Gasteiger partial charge < -0.3 is 11.1 Å². The smallest absolute Gasteiger partial charge is 0.238 e. The molecule has 1 heterocycles. The summed E-state index contributed by atoms with van der Waals surface area (Å²) in [6.45, 7) is 0. The molecule has 0 unspecified atom stereocenters. The van der Waals surface area contributed by atoms with Gasteiger partial charge in [-0.1, -0.05) is 48.5 Å². The van der Waals surface area contributed by atoms with Crippen LogP contribution in [0.25, 0.3) is 11.1 Å². The Balaban J connectivity index is 1.51. The summed E-state index contributed by atoms with van der Waals surface area (Å²) in [6, 6.07) is 21.6. The number of aromatic nitrogens is 1. The number of hydrogen-bond acceptors (Lipinski definition) is 6. The zero-order valence-electron chi connectivity index (χ0n) is 19.5. The maximum atomic E-state index is 13.1. The Hall–Kier alpha value is -3.86. The Labute approximate surface area is 222 Å². The molecule has 1 amide bonds. The fourth-order valence-electron chi connectivity index (χ4n) is 3.86. The molecule has 0 atom stereocenters. The minimum atomic E-state index is -3.90. The number of Topliss-reactive ketones (excluding diaryl/α,β-unsaturated/α-hetero) is 1. The zero-order valence-corrected chi connectivity index (χ0v) is 21.9. The van der Waals surface area contributed by atoms with Crippen LogP contribution in [0.2, 0.25) is 0 Å². The number of pyridine rings is 1. The van der Waals surface area contributed by atoms with Crippen LogP contribution in [0.1, 0.15) is 21.5 Å². The van der Waals surface area contributed by atoms with E-state index >= 15 is 0 Å². The van der Waals surface area contributed by atoms with Gasteiger partial charge >= 0.3 is 0 Å². The monoisotopic (exact) mass is 578 g/mol. The summed E-state index contributed by atoms with van der Waals surface area (Å²) in [4.78, 5) is 29.8. The Morgan fingerprint density at radius 2 is 1.62 bits per heavy atom. The van der Waals surface area contributed by atoms with Crippen LogP contribution in [-0.4, -0.2) is 25.1 Å². The first-order chi connectivity index (χ1) is 17.6. The second-order valence-electron chi connectivity index (χ2n) is 8.33. The van der Waals surface area contributed by atoms with E-state index in [1.807, 2.05) is 0 Å². The number of nitrogen functional groups attached to an aromatic ring is 1. The number of carbonyl (C=O) groups is 2. The predicted molar refractivity (Wildman–Crippen MR) is 146 cm³/mol. The lowest BCUT2D eigenvalue weighted by Crippen LogP contribution is -2.17. The quantitative estimate of drug-likeness (QED) is 0.209. The van der Waals surface area contributed by atoms with Gasteiger partial charge in [0.2, 0.25) is 15.9 Å². The number of anilines is 2. The van der Waals surface area contributed by atoms with E-state index in [2.05, 4.69) is 26.2 Å². The average molecular weight is 579 g/mol. The zero-order chi connectivity index (χ0) is 26.6. The van der Waals surface area contributed by atoms with Gasteiger partial charge in [-0.3, -0.25) is 9.59 Å². The molecule has 0 radical (unpaired) electrons. The largest absolute Gasteiger partial charge is 0.399 e. The number of amides is 1. The Morgan fingerprint density at radius 3 is 2.30 bits per heavy atom. The van der Waals surface area contributed by atoms with E-state index in [4.69, 9.17) is 10.9 Å². The molecule has 37 heavy (non-hydrogen) atoms. The van der Waals surface area contributed by atoms with E-state index in [9.17, 15) is 18.0 Å². The molecule has 3 aromatic carbocycles. The van der Waals surface area contributed by atoms with Crippen molar-refractivity contribution in [1.82, 2.24) is 4.98 Å². The van der Waals surface area contributed by atoms with Crippen LogP contribution >= 0.6 is 15.9 Å². The van der Waals surface area contributed by atoms with Gasteiger partial charge in [0, 0.05) is 33.9 Å². The van der Waals surface area contributed by atoms with Crippen molar-refractivity contribution in [3.8, 4) is 11.1 Å². The third kappa shape index (κ3) is 6.67. The molecule has 0 saturated heterocycles. The van der Waals surface area contributed by atoms with Crippen LogP contribution in [0, 0.1) is 0 Å². The van der Waals surface area contributed by atoms with Crippen molar-refractivity contribution < 1.29 is 18.0 Å². The molecule has 4 rings (SSSR count). The van der Waals surface area contributed by atoms with E-state index in [-0.39, 0.29) is 29.4 Å². The highest BCUT2D eigenvalue weighted by atomic mass is 79.9. The topological polar surface area (TPSA) is 145 Å². The minimum Gasteiger partial charge on any atom is -0.399 e.